The summed E-state index contributed by atoms with van der Waals surface area (Å²) in [6.45, 7) is 0.0510. The Labute approximate surface area is 129 Å². The van der Waals surface area contributed by atoms with Gasteiger partial charge in [-0.15, -0.1) is 11.3 Å². The Morgan fingerprint density at radius 3 is 2.50 bits per heavy atom. The predicted octanol–water partition coefficient (Wildman–Crippen LogP) is 4.93. The number of ether oxygens (including phenoxy) is 1. The summed E-state index contributed by atoms with van der Waals surface area (Å²) in [5.41, 5.74) is 0. The zero-order chi connectivity index (χ0) is 13.9. The van der Waals surface area contributed by atoms with Gasteiger partial charge in [0.05, 0.1) is 4.88 Å². The number of ketones is 1. The first-order chi connectivity index (χ1) is 9.75. The fourth-order valence-corrected chi connectivity index (χ4v) is 3.88. The van der Waals surface area contributed by atoms with Gasteiger partial charge in [0.2, 0.25) is 5.78 Å². The monoisotopic (exact) mass is 346 g/mol. The van der Waals surface area contributed by atoms with E-state index in [4.69, 9.17) is 4.74 Å². The summed E-state index contributed by atoms with van der Waals surface area (Å²) in [4.78, 5) is 13.0. The van der Waals surface area contributed by atoms with Crippen LogP contribution >= 0.6 is 27.3 Å². The van der Waals surface area contributed by atoms with Crippen molar-refractivity contribution in [1.82, 2.24) is 0 Å². The molecule has 0 N–H and O–H groups in total. The number of fused-ring (bicyclic) bond motifs is 1. The molecule has 1 aromatic heterocycles. The van der Waals surface area contributed by atoms with Crippen LogP contribution in [0.5, 0.6) is 5.75 Å². The van der Waals surface area contributed by atoms with Crippen LogP contribution in [0.2, 0.25) is 0 Å². The van der Waals surface area contributed by atoms with Gasteiger partial charge in [0.1, 0.15) is 5.75 Å². The second-order valence-electron chi connectivity index (χ2n) is 4.27. The molecule has 4 heteroatoms. The third kappa shape index (κ3) is 2.62. The molecule has 0 aliphatic heterocycles. The van der Waals surface area contributed by atoms with Crippen LogP contribution in [0.15, 0.2) is 59.1 Å². The first kappa shape index (κ1) is 13.3. The molecule has 0 saturated heterocycles. The van der Waals surface area contributed by atoms with Crippen molar-refractivity contribution >= 4 is 43.1 Å². The molecular formula is C16H11BrO2S. The van der Waals surface area contributed by atoms with Crippen LogP contribution in [0.4, 0.5) is 0 Å². The number of Topliss-reactive ketones (excluding diaryl/α,β-unsaturated/α-hetero) is 1. The van der Waals surface area contributed by atoms with E-state index >= 15 is 0 Å². The van der Waals surface area contributed by atoms with Gasteiger partial charge in [-0.1, -0.05) is 36.4 Å². The predicted molar refractivity (Wildman–Crippen MR) is 85.8 cm³/mol. The molecule has 0 aliphatic carbocycles. The number of hydrogen-bond acceptors (Lipinski definition) is 3. The van der Waals surface area contributed by atoms with E-state index in [1.807, 2.05) is 54.6 Å². The van der Waals surface area contributed by atoms with E-state index in [-0.39, 0.29) is 12.4 Å². The highest BCUT2D eigenvalue weighted by molar-refractivity contribution is 9.10. The van der Waals surface area contributed by atoms with Crippen molar-refractivity contribution in [3.8, 4) is 5.75 Å². The standard InChI is InChI=1S/C16H11BrO2S/c17-15-12-8-4-5-9-14(12)20-16(15)13(18)10-19-11-6-2-1-3-7-11/h1-9H,10H2. The van der Waals surface area contributed by atoms with E-state index in [9.17, 15) is 4.79 Å². The van der Waals surface area contributed by atoms with Crippen molar-refractivity contribution < 1.29 is 9.53 Å². The van der Waals surface area contributed by atoms with E-state index in [2.05, 4.69) is 15.9 Å². The second kappa shape index (κ2) is 5.77. The molecular weight excluding hydrogens is 336 g/mol. The average Bonchev–Trinajstić information content (AvgIpc) is 2.84. The summed E-state index contributed by atoms with van der Waals surface area (Å²) in [5, 5.41) is 1.07. The molecule has 3 aromatic rings. The summed E-state index contributed by atoms with van der Waals surface area (Å²) in [6.07, 6.45) is 0. The molecule has 0 unspecified atom stereocenters. The highest BCUT2D eigenvalue weighted by Gasteiger charge is 2.16. The molecule has 3 rings (SSSR count). The zero-order valence-corrected chi connectivity index (χ0v) is 12.9. The zero-order valence-electron chi connectivity index (χ0n) is 10.5. The van der Waals surface area contributed by atoms with Gasteiger partial charge in [-0.25, -0.2) is 0 Å². The average molecular weight is 347 g/mol. The second-order valence-corrected chi connectivity index (χ2v) is 6.11. The van der Waals surface area contributed by atoms with E-state index in [1.165, 1.54) is 11.3 Å². The molecule has 0 fully saturated rings. The molecule has 0 spiro atoms. The summed E-state index contributed by atoms with van der Waals surface area (Å²) in [6, 6.07) is 17.3. The van der Waals surface area contributed by atoms with Crippen LogP contribution in [0.1, 0.15) is 9.67 Å². The van der Waals surface area contributed by atoms with Crippen LogP contribution in [-0.4, -0.2) is 12.4 Å². The molecule has 20 heavy (non-hydrogen) atoms. The molecule has 2 aromatic carbocycles. The minimum atomic E-state index is -0.0121. The molecule has 0 aliphatic rings. The number of carbonyl (C=O) groups is 1. The van der Waals surface area contributed by atoms with Gasteiger partial charge in [-0.3, -0.25) is 4.79 Å². The summed E-state index contributed by atoms with van der Waals surface area (Å²) in [5.74, 6) is 0.694. The lowest BCUT2D eigenvalue weighted by Crippen LogP contribution is -2.10. The van der Waals surface area contributed by atoms with Crippen molar-refractivity contribution in [3.63, 3.8) is 0 Å². The van der Waals surface area contributed by atoms with Crippen LogP contribution in [-0.2, 0) is 0 Å². The molecule has 0 amide bonds. The third-order valence-corrected chi connectivity index (χ3v) is 5.20. The quantitative estimate of drug-likeness (QED) is 0.626. The lowest BCUT2D eigenvalue weighted by Gasteiger charge is -2.04. The van der Waals surface area contributed by atoms with Crippen molar-refractivity contribution in [2.75, 3.05) is 6.61 Å². The Bertz CT molecular complexity index is 750. The summed E-state index contributed by atoms with van der Waals surface area (Å²) >= 11 is 5.00. The number of carbonyl (C=O) groups excluding carboxylic acids is 1. The molecule has 1 heterocycles. The molecule has 0 radical (unpaired) electrons. The maximum atomic E-state index is 12.3. The van der Waals surface area contributed by atoms with Crippen LogP contribution in [0.3, 0.4) is 0 Å². The maximum Gasteiger partial charge on any atom is 0.211 e. The first-order valence-electron chi connectivity index (χ1n) is 6.14. The van der Waals surface area contributed by atoms with E-state index in [0.717, 1.165) is 14.6 Å². The van der Waals surface area contributed by atoms with Gasteiger partial charge in [-0.2, -0.15) is 0 Å². The summed E-state index contributed by atoms with van der Waals surface area (Å²) in [7, 11) is 0. The maximum absolute atomic E-state index is 12.3. The highest BCUT2D eigenvalue weighted by Crippen LogP contribution is 2.35. The summed E-state index contributed by atoms with van der Waals surface area (Å²) < 4.78 is 7.47. The minimum absolute atomic E-state index is 0.0121. The number of para-hydroxylation sites is 1. The normalized spacial score (nSPS) is 10.7. The van der Waals surface area contributed by atoms with E-state index < -0.39 is 0 Å². The highest BCUT2D eigenvalue weighted by atomic mass is 79.9. The number of rotatable bonds is 4. The SMILES string of the molecule is O=C(COc1ccccc1)c1sc2ccccc2c1Br. The molecule has 0 saturated carbocycles. The van der Waals surface area contributed by atoms with Gasteiger partial charge in [0.15, 0.2) is 6.61 Å². The smallest absolute Gasteiger partial charge is 0.211 e. The van der Waals surface area contributed by atoms with Gasteiger partial charge >= 0.3 is 0 Å². The van der Waals surface area contributed by atoms with Crippen LogP contribution < -0.4 is 4.74 Å². The fourth-order valence-electron chi connectivity index (χ4n) is 1.92. The number of hydrogen-bond donors (Lipinski definition) is 0. The van der Waals surface area contributed by atoms with Crippen molar-refractivity contribution in [3.05, 3.63) is 63.9 Å². The van der Waals surface area contributed by atoms with E-state index in [0.29, 0.717) is 10.6 Å². The Hall–Kier alpha value is -1.65. The largest absolute Gasteiger partial charge is 0.485 e. The van der Waals surface area contributed by atoms with Gasteiger partial charge < -0.3 is 4.74 Å². The Morgan fingerprint density at radius 2 is 1.75 bits per heavy atom. The van der Waals surface area contributed by atoms with Crippen LogP contribution in [0.25, 0.3) is 10.1 Å². The first-order valence-corrected chi connectivity index (χ1v) is 7.75. The van der Waals surface area contributed by atoms with Gasteiger partial charge in [0, 0.05) is 14.6 Å². The minimum Gasteiger partial charge on any atom is -0.485 e. The Kier molecular flexibility index (Phi) is 3.85. The van der Waals surface area contributed by atoms with E-state index in [1.54, 1.807) is 0 Å². The molecule has 100 valence electrons. The Balaban J connectivity index is 1.81. The Morgan fingerprint density at radius 1 is 1.05 bits per heavy atom. The lowest BCUT2D eigenvalue weighted by molar-refractivity contribution is 0.0925. The number of benzene rings is 2. The fraction of sp³-hybridized carbons (Fsp3) is 0.0625. The van der Waals surface area contributed by atoms with Crippen LogP contribution in [0, 0.1) is 0 Å². The van der Waals surface area contributed by atoms with Crippen molar-refractivity contribution in [2.45, 2.75) is 0 Å². The number of halogens is 1. The number of thiophene rings is 1. The van der Waals surface area contributed by atoms with Gasteiger partial charge in [0.25, 0.3) is 0 Å². The molecule has 0 atom stereocenters. The lowest BCUT2D eigenvalue weighted by atomic mass is 10.2. The molecule has 2 nitrogen and oxygen atoms in total. The van der Waals surface area contributed by atoms with Crippen molar-refractivity contribution in [2.24, 2.45) is 0 Å². The topological polar surface area (TPSA) is 26.3 Å². The van der Waals surface area contributed by atoms with Crippen molar-refractivity contribution in [1.29, 1.82) is 0 Å². The third-order valence-electron chi connectivity index (χ3n) is 2.90. The van der Waals surface area contributed by atoms with Gasteiger partial charge in [-0.05, 0) is 34.1 Å². The molecule has 0 bridgehead atoms.